The van der Waals surface area contributed by atoms with Crippen molar-refractivity contribution in [3.63, 3.8) is 0 Å². The highest BCUT2D eigenvalue weighted by molar-refractivity contribution is 7.71. The Labute approximate surface area is 162 Å². The van der Waals surface area contributed by atoms with Gasteiger partial charge in [0, 0.05) is 30.6 Å². The summed E-state index contributed by atoms with van der Waals surface area (Å²) in [4.78, 5) is 18.9. The van der Waals surface area contributed by atoms with Crippen LogP contribution >= 0.6 is 23.6 Å². The quantitative estimate of drug-likeness (QED) is 0.765. The number of nitrogens with zero attached hydrogens (tertiary/aromatic N) is 5. The number of nitrogens with one attached hydrogen (secondary N) is 1. The molecule has 3 heterocycles. The van der Waals surface area contributed by atoms with Gasteiger partial charge in [-0.1, -0.05) is 0 Å². The molecule has 1 atom stereocenters. The van der Waals surface area contributed by atoms with Crippen LogP contribution in [0.2, 0.25) is 0 Å². The molecule has 1 aliphatic heterocycles. The van der Waals surface area contributed by atoms with Gasteiger partial charge >= 0.3 is 0 Å². The predicted molar refractivity (Wildman–Crippen MR) is 104 cm³/mol. The summed E-state index contributed by atoms with van der Waals surface area (Å²) < 4.78 is 4.89. The van der Waals surface area contributed by atoms with Gasteiger partial charge in [0.05, 0.1) is 12.6 Å². The zero-order chi connectivity index (χ0) is 18.1. The van der Waals surface area contributed by atoms with E-state index in [0.29, 0.717) is 17.7 Å². The van der Waals surface area contributed by atoms with Crippen LogP contribution in [0.1, 0.15) is 44.3 Å². The van der Waals surface area contributed by atoms with E-state index in [1.807, 2.05) is 10.1 Å². The van der Waals surface area contributed by atoms with E-state index in [4.69, 9.17) is 17.3 Å². The summed E-state index contributed by atoms with van der Waals surface area (Å²) in [6.45, 7) is 5.35. The molecule has 0 aromatic carbocycles. The van der Waals surface area contributed by atoms with Crippen molar-refractivity contribution in [3.8, 4) is 0 Å². The number of likely N-dealkylation sites (tertiary alicyclic amines) is 1. The highest BCUT2D eigenvalue weighted by Gasteiger charge is 2.31. The number of anilines is 1. The molecule has 1 saturated carbocycles. The van der Waals surface area contributed by atoms with Crippen LogP contribution in [-0.2, 0) is 18.0 Å². The molecule has 2 aromatic heterocycles. The zero-order valence-corrected chi connectivity index (χ0v) is 16.6. The van der Waals surface area contributed by atoms with Crippen LogP contribution < -0.4 is 5.32 Å². The predicted octanol–water partition coefficient (Wildman–Crippen LogP) is 3.08. The summed E-state index contributed by atoms with van der Waals surface area (Å²) >= 11 is 7.08. The van der Waals surface area contributed by atoms with Crippen molar-refractivity contribution in [1.82, 2.24) is 24.2 Å². The first-order valence-electron chi connectivity index (χ1n) is 9.26. The van der Waals surface area contributed by atoms with E-state index >= 15 is 0 Å². The number of piperidine rings is 1. The number of thiazole rings is 1. The maximum absolute atomic E-state index is 12.5. The number of hydrogen-bond acceptors (Lipinski definition) is 6. The van der Waals surface area contributed by atoms with Gasteiger partial charge in [-0.15, -0.1) is 11.3 Å². The molecule has 26 heavy (non-hydrogen) atoms. The van der Waals surface area contributed by atoms with Gasteiger partial charge in [-0.3, -0.25) is 9.69 Å². The van der Waals surface area contributed by atoms with E-state index in [1.165, 1.54) is 24.2 Å². The molecule has 7 nitrogen and oxygen atoms in total. The molecule has 140 valence electrons. The lowest BCUT2D eigenvalue weighted by Crippen LogP contribution is -2.41. The Morgan fingerprint density at radius 1 is 1.42 bits per heavy atom. The molecule has 0 radical (unpaired) electrons. The molecule has 2 fully saturated rings. The van der Waals surface area contributed by atoms with E-state index in [9.17, 15) is 4.79 Å². The van der Waals surface area contributed by atoms with Gasteiger partial charge in [0.15, 0.2) is 9.90 Å². The molecule has 2 aliphatic rings. The highest BCUT2D eigenvalue weighted by Crippen LogP contribution is 2.39. The molecular weight excluding hydrogens is 368 g/mol. The number of aromatic nitrogens is 4. The number of rotatable bonds is 6. The van der Waals surface area contributed by atoms with Crippen LogP contribution in [0.15, 0.2) is 11.6 Å². The lowest BCUT2D eigenvalue weighted by Gasteiger charge is -2.31. The average Bonchev–Trinajstić information content (AvgIpc) is 3.28. The third kappa shape index (κ3) is 3.74. The minimum Gasteiger partial charge on any atom is -0.304 e. The fraction of sp³-hybridized carbons (Fsp3) is 0.647. The second-order valence-electron chi connectivity index (χ2n) is 7.04. The molecule has 1 unspecified atom stereocenters. The van der Waals surface area contributed by atoms with Gasteiger partial charge in [0.1, 0.15) is 5.82 Å². The summed E-state index contributed by atoms with van der Waals surface area (Å²) in [5.74, 6) is 1.76. The fourth-order valence-electron chi connectivity index (χ4n) is 3.57. The molecule has 0 bridgehead atoms. The second-order valence-corrected chi connectivity index (χ2v) is 8.30. The molecule has 9 heteroatoms. The van der Waals surface area contributed by atoms with Crippen LogP contribution in [0.3, 0.4) is 0 Å². The van der Waals surface area contributed by atoms with E-state index < -0.39 is 0 Å². The Morgan fingerprint density at radius 2 is 2.27 bits per heavy atom. The lowest BCUT2D eigenvalue weighted by molar-refractivity contribution is -0.121. The molecule has 1 aliphatic carbocycles. The van der Waals surface area contributed by atoms with Crippen molar-refractivity contribution in [3.05, 3.63) is 22.2 Å². The standard InChI is InChI=1S/C17H24N6OS2/c1-2-22-14(12-5-6-12)20-23(17(22)25)11-21-8-3-4-13(10-21)15(24)19-16-18-7-9-26-16/h7,9,12-13H,2-6,8,10-11H2,1H3,(H,18,19,24). The van der Waals surface area contributed by atoms with Gasteiger partial charge in [-0.05, 0) is 51.4 Å². The van der Waals surface area contributed by atoms with Crippen LogP contribution in [0, 0.1) is 10.7 Å². The van der Waals surface area contributed by atoms with Crippen LogP contribution in [0.4, 0.5) is 5.13 Å². The first kappa shape index (κ1) is 17.8. The van der Waals surface area contributed by atoms with Gasteiger partial charge in [-0.25, -0.2) is 9.67 Å². The third-order valence-corrected chi connectivity index (χ3v) is 6.20. The SMILES string of the molecule is CCn1c(C2CC2)nn(CN2CCCC(C(=O)Nc3nccs3)C2)c1=S. The molecule has 2 aromatic rings. The van der Waals surface area contributed by atoms with E-state index in [2.05, 4.69) is 26.7 Å². The summed E-state index contributed by atoms with van der Waals surface area (Å²) in [5.41, 5.74) is 0. The van der Waals surface area contributed by atoms with E-state index in [-0.39, 0.29) is 11.8 Å². The maximum Gasteiger partial charge on any atom is 0.230 e. The summed E-state index contributed by atoms with van der Waals surface area (Å²) in [7, 11) is 0. The molecular formula is C17H24N6OS2. The first-order chi connectivity index (χ1) is 12.7. The zero-order valence-electron chi connectivity index (χ0n) is 14.9. The van der Waals surface area contributed by atoms with Gasteiger partial charge < -0.3 is 9.88 Å². The molecule has 0 spiro atoms. The molecule has 1 saturated heterocycles. The van der Waals surface area contributed by atoms with E-state index in [1.54, 1.807) is 6.20 Å². The maximum atomic E-state index is 12.5. The van der Waals surface area contributed by atoms with Crippen LogP contribution in [0.5, 0.6) is 0 Å². The molecule has 1 N–H and O–H groups in total. The summed E-state index contributed by atoms with van der Waals surface area (Å²) in [6.07, 6.45) is 6.06. The number of carbonyl (C=O) groups is 1. The third-order valence-electron chi connectivity index (χ3n) is 5.08. The highest BCUT2D eigenvalue weighted by atomic mass is 32.1. The van der Waals surface area contributed by atoms with Crippen molar-refractivity contribution in [2.24, 2.45) is 5.92 Å². The van der Waals surface area contributed by atoms with Crippen molar-refractivity contribution in [1.29, 1.82) is 0 Å². The Morgan fingerprint density at radius 3 is 2.96 bits per heavy atom. The van der Waals surface area contributed by atoms with Gasteiger partial charge in [0.25, 0.3) is 0 Å². The fourth-order valence-corrected chi connectivity index (χ4v) is 4.42. The van der Waals surface area contributed by atoms with Crippen molar-refractivity contribution in [2.45, 2.75) is 51.7 Å². The average molecular weight is 393 g/mol. The van der Waals surface area contributed by atoms with Crippen molar-refractivity contribution < 1.29 is 4.79 Å². The Kier molecular flexibility index (Phi) is 5.19. The largest absolute Gasteiger partial charge is 0.304 e. The lowest BCUT2D eigenvalue weighted by atomic mass is 9.97. The van der Waals surface area contributed by atoms with Crippen LogP contribution in [-0.4, -0.2) is 43.2 Å². The van der Waals surface area contributed by atoms with Gasteiger partial charge in [-0.2, -0.15) is 5.10 Å². The Bertz CT molecular complexity index is 823. The smallest absolute Gasteiger partial charge is 0.230 e. The minimum absolute atomic E-state index is 0.0158. The minimum atomic E-state index is -0.0158. The Balaban J connectivity index is 1.42. The van der Waals surface area contributed by atoms with E-state index in [0.717, 1.165) is 43.1 Å². The normalized spacial score (nSPS) is 21.0. The van der Waals surface area contributed by atoms with Gasteiger partial charge in [0.2, 0.25) is 5.91 Å². The number of hydrogen-bond donors (Lipinski definition) is 1. The monoisotopic (exact) mass is 392 g/mol. The second kappa shape index (κ2) is 7.58. The number of carbonyl (C=O) groups excluding carboxylic acids is 1. The topological polar surface area (TPSA) is 68.0 Å². The summed E-state index contributed by atoms with van der Waals surface area (Å²) in [6, 6.07) is 0. The summed E-state index contributed by atoms with van der Waals surface area (Å²) in [5, 5.41) is 10.3. The molecule has 4 rings (SSSR count). The Hall–Kier alpha value is -1.58. The van der Waals surface area contributed by atoms with Crippen LogP contribution in [0.25, 0.3) is 0 Å². The molecule has 1 amide bonds. The first-order valence-corrected chi connectivity index (χ1v) is 10.5. The number of amides is 1. The van der Waals surface area contributed by atoms with Crippen molar-refractivity contribution >= 4 is 34.6 Å². The van der Waals surface area contributed by atoms with Crippen molar-refractivity contribution in [2.75, 3.05) is 18.4 Å².